The van der Waals surface area contributed by atoms with Crippen LogP contribution < -0.4 is 10.1 Å². The van der Waals surface area contributed by atoms with Gasteiger partial charge in [-0.15, -0.1) is 0 Å². The van der Waals surface area contributed by atoms with E-state index in [0.29, 0.717) is 19.3 Å². The molecule has 1 fully saturated rings. The molecule has 0 spiro atoms. The summed E-state index contributed by atoms with van der Waals surface area (Å²) in [6.07, 6.45) is 2.34. The molecule has 1 aliphatic heterocycles. The molecule has 4 heteroatoms. The molecule has 1 N–H and O–H groups in total. The van der Waals surface area contributed by atoms with Gasteiger partial charge in [0.25, 0.3) is 0 Å². The molecule has 1 heterocycles. The van der Waals surface area contributed by atoms with Gasteiger partial charge in [0.2, 0.25) is 0 Å². The van der Waals surface area contributed by atoms with Gasteiger partial charge in [-0.25, -0.2) is 0 Å². The molecule has 1 aromatic carbocycles. The normalized spacial score (nSPS) is 16.2. The van der Waals surface area contributed by atoms with E-state index < -0.39 is 0 Å². The molecule has 2 rings (SSSR count). The summed E-state index contributed by atoms with van der Waals surface area (Å²) in [6, 6.07) is 8.20. The molecule has 20 heavy (non-hydrogen) atoms. The van der Waals surface area contributed by atoms with Gasteiger partial charge in [0, 0.05) is 19.8 Å². The smallest absolute Gasteiger partial charge is 0.119 e. The Morgan fingerprint density at radius 1 is 1.25 bits per heavy atom. The van der Waals surface area contributed by atoms with Crippen LogP contribution in [0.15, 0.2) is 24.3 Å². The van der Waals surface area contributed by atoms with Gasteiger partial charge in [0.1, 0.15) is 12.4 Å². The minimum Gasteiger partial charge on any atom is -0.491 e. The van der Waals surface area contributed by atoms with E-state index in [0.717, 1.165) is 44.9 Å². The van der Waals surface area contributed by atoms with Crippen LogP contribution in [0.5, 0.6) is 5.75 Å². The second-order valence-electron chi connectivity index (χ2n) is 4.96. The average Bonchev–Trinajstić information content (AvgIpc) is 2.51. The lowest BCUT2D eigenvalue weighted by Gasteiger charge is -2.22. The molecule has 0 unspecified atom stereocenters. The molecule has 0 atom stereocenters. The highest BCUT2D eigenvalue weighted by Crippen LogP contribution is 2.14. The zero-order valence-corrected chi connectivity index (χ0v) is 12.3. The topological polar surface area (TPSA) is 39.7 Å². The third-order valence-electron chi connectivity index (χ3n) is 3.35. The van der Waals surface area contributed by atoms with Crippen molar-refractivity contribution in [2.75, 3.05) is 33.0 Å². The number of benzene rings is 1. The summed E-state index contributed by atoms with van der Waals surface area (Å²) in [4.78, 5) is 0. The van der Waals surface area contributed by atoms with Crippen LogP contribution in [-0.4, -0.2) is 39.1 Å². The Balaban J connectivity index is 1.65. The van der Waals surface area contributed by atoms with Crippen molar-refractivity contribution in [3.63, 3.8) is 0 Å². The molecule has 0 radical (unpaired) electrons. The second kappa shape index (κ2) is 8.95. The highest BCUT2D eigenvalue weighted by molar-refractivity contribution is 5.28. The molecule has 0 aromatic heterocycles. The minimum absolute atomic E-state index is 0.340. The number of rotatable bonds is 8. The Labute approximate surface area is 121 Å². The first-order chi connectivity index (χ1) is 9.88. The summed E-state index contributed by atoms with van der Waals surface area (Å²) in [7, 11) is 0. The Bertz CT molecular complexity index is 378. The maximum atomic E-state index is 5.78. The Hall–Kier alpha value is -1.10. The lowest BCUT2D eigenvalue weighted by Crippen LogP contribution is -2.25. The molecule has 0 amide bonds. The maximum Gasteiger partial charge on any atom is 0.119 e. The quantitative estimate of drug-likeness (QED) is 0.742. The predicted octanol–water partition coefficient (Wildman–Crippen LogP) is 2.37. The van der Waals surface area contributed by atoms with Crippen LogP contribution in [0.1, 0.15) is 25.3 Å². The Kier molecular flexibility index (Phi) is 6.84. The SMILES string of the molecule is CCNCc1cccc(OCCOC2CCOCC2)c1. The fourth-order valence-corrected chi connectivity index (χ4v) is 2.23. The van der Waals surface area contributed by atoms with E-state index in [9.17, 15) is 0 Å². The van der Waals surface area contributed by atoms with Crippen molar-refractivity contribution in [3.8, 4) is 5.75 Å². The van der Waals surface area contributed by atoms with Crippen molar-refractivity contribution in [1.29, 1.82) is 0 Å². The van der Waals surface area contributed by atoms with E-state index in [2.05, 4.69) is 24.4 Å². The lowest BCUT2D eigenvalue weighted by molar-refractivity contribution is -0.0388. The van der Waals surface area contributed by atoms with Gasteiger partial charge >= 0.3 is 0 Å². The zero-order chi connectivity index (χ0) is 14.0. The Morgan fingerprint density at radius 2 is 2.10 bits per heavy atom. The first-order valence-electron chi connectivity index (χ1n) is 7.50. The first kappa shape index (κ1) is 15.3. The van der Waals surface area contributed by atoms with E-state index in [4.69, 9.17) is 14.2 Å². The van der Waals surface area contributed by atoms with E-state index >= 15 is 0 Å². The van der Waals surface area contributed by atoms with Gasteiger partial charge in [-0.1, -0.05) is 19.1 Å². The molecule has 0 bridgehead atoms. The van der Waals surface area contributed by atoms with Gasteiger partial charge in [-0.3, -0.25) is 0 Å². The zero-order valence-electron chi connectivity index (χ0n) is 12.3. The largest absolute Gasteiger partial charge is 0.491 e. The van der Waals surface area contributed by atoms with Gasteiger partial charge in [-0.2, -0.15) is 0 Å². The van der Waals surface area contributed by atoms with Crippen LogP contribution in [-0.2, 0) is 16.0 Å². The molecular formula is C16H25NO3. The van der Waals surface area contributed by atoms with Crippen LogP contribution in [0, 0.1) is 0 Å². The van der Waals surface area contributed by atoms with Crippen molar-refractivity contribution in [3.05, 3.63) is 29.8 Å². The van der Waals surface area contributed by atoms with Crippen LogP contribution >= 0.6 is 0 Å². The van der Waals surface area contributed by atoms with Gasteiger partial charge in [0.05, 0.1) is 12.7 Å². The van der Waals surface area contributed by atoms with Crippen molar-refractivity contribution in [1.82, 2.24) is 5.32 Å². The summed E-state index contributed by atoms with van der Waals surface area (Å²) in [5, 5.41) is 3.31. The fraction of sp³-hybridized carbons (Fsp3) is 0.625. The molecule has 0 aliphatic carbocycles. The van der Waals surface area contributed by atoms with Crippen LogP contribution in [0.3, 0.4) is 0 Å². The lowest BCUT2D eigenvalue weighted by atomic mass is 10.2. The summed E-state index contributed by atoms with van der Waals surface area (Å²) in [5.74, 6) is 0.913. The monoisotopic (exact) mass is 279 g/mol. The third-order valence-corrected chi connectivity index (χ3v) is 3.35. The van der Waals surface area contributed by atoms with Crippen molar-refractivity contribution < 1.29 is 14.2 Å². The summed E-state index contributed by atoms with van der Waals surface area (Å²) < 4.78 is 16.8. The van der Waals surface area contributed by atoms with Gasteiger partial charge in [0.15, 0.2) is 0 Å². The summed E-state index contributed by atoms with van der Waals surface area (Å²) in [5.41, 5.74) is 1.25. The van der Waals surface area contributed by atoms with E-state index in [1.54, 1.807) is 0 Å². The number of nitrogens with one attached hydrogen (secondary N) is 1. The third kappa shape index (κ3) is 5.49. The van der Waals surface area contributed by atoms with E-state index in [1.807, 2.05) is 12.1 Å². The van der Waals surface area contributed by atoms with Gasteiger partial charge in [-0.05, 0) is 37.1 Å². The molecule has 1 aromatic rings. The summed E-state index contributed by atoms with van der Waals surface area (Å²) in [6.45, 7) is 6.84. The number of hydrogen-bond acceptors (Lipinski definition) is 4. The van der Waals surface area contributed by atoms with Crippen molar-refractivity contribution in [2.24, 2.45) is 0 Å². The average molecular weight is 279 g/mol. The molecule has 0 saturated carbocycles. The standard InChI is InChI=1S/C16H25NO3/c1-2-17-13-14-4-3-5-16(12-14)20-11-10-19-15-6-8-18-9-7-15/h3-5,12,15,17H,2,6-11,13H2,1H3. The van der Waals surface area contributed by atoms with Crippen LogP contribution in [0.4, 0.5) is 0 Å². The van der Waals surface area contributed by atoms with E-state index in [1.165, 1.54) is 5.56 Å². The number of hydrogen-bond donors (Lipinski definition) is 1. The highest BCUT2D eigenvalue weighted by atomic mass is 16.5. The van der Waals surface area contributed by atoms with Crippen molar-refractivity contribution in [2.45, 2.75) is 32.4 Å². The summed E-state index contributed by atoms with van der Waals surface area (Å²) >= 11 is 0. The second-order valence-corrected chi connectivity index (χ2v) is 4.96. The highest BCUT2D eigenvalue weighted by Gasteiger charge is 2.13. The van der Waals surface area contributed by atoms with Crippen molar-refractivity contribution >= 4 is 0 Å². The molecular weight excluding hydrogens is 254 g/mol. The molecule has 1 saturated heterocycles. The first-order valence-corrected chi connectivity index (χ1v) is 7.50. The predicted molar refractivity (Wildman–Crippen MR) is 79.1 cm³/mol. The number of ether oxygens (including phenoxy) is 3. The van der Waals surface area contributed by atoms with E-state index in [-0.39, 0.29) is 0 Å². The van der Waals surface area contributed by atoms with Crippen LogP contribution in [0.25, 0.3) is 0 Å². The Morgan fingerprint density at radius 3 is 2.90 bits per heavy atom. The molecule has 1 aliphatic rings. The fourth-order valence-electron chi connectivity index (χ4n) is 2.23. The maximum absolute atomic E-state index is 5.78. The molecule has 4 nitrogen and oxygen atoms in total. The minimum atomic E-state index is 0.340. The molecule has 112 valence electrons. The van der Waals surface area contributed by atoms with Crippen LogP contribution in [0.2, 0.25) is 0 Å². The van der Waals surface area contributed by atoms with Gasteiger partial charge < -0.3 is 19.5 Å².